The molecular formula is C18H20ClNO. The topological polar surface area (TPSA) is 35.2 Å². The van der Waals surface area contributed by atoms with Gasteiger partial charge in [0, 0.05) is 17.0 Å². The fraction of sp³-hybridized carbons (Fsp3) is 0.333. The highest BCUT2D eigenvalue weighted by Crippen LogP contribution is 2.29. The molecule has 2 nitrogen and oxygen atoms in total. The second-order valence-corrected chi connectivity index (χ2v) is 6.25. The molecule has 3 heteroatoms. The summed E-state index contributed by atoms with van der Waals surface area (Å²) in [6.45, 7) is 2.73. The zero-order valence-electron chi connectivity index (χ0n) is 12.2. The van der Waals surface area contributed by atoms with Gasteiger partial charge in [-0.3, -0.25) is 0 Å². The van der Waals surface area contributed by atoms with E-state index in [1.807, 2.05) is 31.2 Å². The summed E-state index contributed by atoms with van der Waals surface area (Å²) in [6, 6.07) is 14.4. The zero-order valence-corrected chi connectivity index (χ0v) is 12.9. The van der Waals surface area contributed by atoms with Gasteiger partial charge in [0.2, 0.25) is 0 Å². The van der Waals surface area contributed by atoms with E-state index in [0.717, 1.165) is 29.2 Å². The molecule has 0 bridgehead atoms. The van der Waals surface area contributed by atoms with Gasteiger partial charge in [0.1, 0.15) is 5.75 Å². The first-order valence-corrected chi connectivity index (χ1v) is 7.72. The first-order chi connectivity index (χ1) is 10.1. The van der Waals surface area contributed by atoms with Crippen molar-refractivity contribution in [3.05, 3.63) is 64.2 Å². The largest absolute Gasteiger partial charge is 0.493 e. The molecule has 3 rings (SSSR count). The summed E-state index contributed by atoms with van der Waals surface area (Å²) in [6.07, 6.45) is 1.76. The Morgan fingerprint density at radius 3 is 2.90 bits per heavy atom. The van der Waals surface area contributed by atoms with Crippen LogP contribution in [0.3, 0.4) is 0 Å². The van der Waals surface area contributed by atoms with Crippen molar-refractivity contribution in [2.24, 2.45) is 11.7 Å². The third kappa shape index (κ3) is 3.22. The van der Waals surface area contributed by atoms with E-state index >= 15 is 0 Å². The van der Waals surface area contributed by atoms with Crippen molar-refractivity contribution in [1.82, 2.24) is 0 Å². The fourth-order valence-electron chi connectivity index (χ4n) is 2.86. The summed E-state index contributed by atoms with van der Waals surface area (Å²) in [5.74, 6) is 1.33. The van der Waals surface area contributed by atoms with Crippen LogP contribution >= 0.6 is 11.6 Å². The first kappa shape index (κ1) is 14.4. The Morgan fingerprint density at radius 1 is 1.29 bits per heavy atom. The van der Waals surface area contributed by atoms with E-state index in [0.29, 0.717) is 12.5 Å². The molecule has 110 valence electrons. The Balaban J connectivity index is 1.70. The van der Waals surface area contributed by atoms with Crippen LogP contribution in [0.15, 0.2) is 42.5 Å². The van der Waals surface area contributed by atoms with E-state index in [1.165, 1.54) is 11.1 Å². The maximum Gasteiger partial charge on any atom is 0.122 e. The number of aryl methyl sites for hydroxylation is 1. The van der Waals surface area contributed by atoms with Crippen LogP contribution in [0.25, 0.3) is 0 Å². The van der Waals surface area contributed by atoms with E-state index in [2.05, 4.69) is 18.2 Å². The lowest BCUT2D eigenvalue weighted by molar-refractivity contribution is 0.199. The maximum atomic E-state index is 6.41. The number of benzene rings is 2. The molecule has 0 aromatic heterocycles. The summed E-state index contributed by atoms with van der Waals surface area (Å²) in [5.41, 5.74) is 9.95. The van der Waals surface area contributed by atoms with Crippen LogP contribution in [0, 0.1) is 12.8 Å². The van der Waals surface area contributed by atoms with Crippen LogP contribution in [0.4, 0.5) is 0 Å². The molecule has 21 heavy (non-hydrogen) atoms. The number of nitrogens with two attached hydrogens (primary N) is 1. The van der Waals surface area contributed by atoms with Crippen LogP contribution in [-0.2, 0) is 12.8 Å². The van der Waals surface area contributed by atoms with E-state index in [4.69, 9.17) is 22.1 Å². The van der Waals surface area contributed by atoms with Gasteiger partial charge >= 0.3 is 0 Å². The highest BCUT2D eigenvalue weighted by atomic mass is 35.5. The molecule has 2 N–H and O–H groups in total. The van der Waals surface area contributed by atoms with Gasteiger partial charge in [0.05, 0.1) is 6.61 Å². The molecule has 2 unspecified atom stereocenters. The summed E-state index contributed by atoms with van der Waals surface area (Å²) in [7, 11) is 0. The Hall–Kier alpha value is -1.51. The number of hydrogen-bond acceptors (Lipinski definition) is 2. The predicted octanol–water partition coefficient (Wildman–Crippen LogP) is 3.77. The third-order valence-electron chi connectivity index (χ3n) is 4.18. The van der Waals surface area contributed by atoms with Gasteiger partial charge in [-0.1, -0.05) is 41.9 Å². The molecule has 1 aliphatic heterocycles. The fourth-order valence-corrected chi connectivity index (χ4v) is 3.18. The number of rotatable bonds is 3. The average Bonchev–Trinajstić information content (AvgIpc) is 2.49. The molecule has 2 atom stereocenters. The van der Waals surface area contributed by atoms with Crippen LogP contribution < -0.4 is 10.5 Å². The lowest BCUT2D eigenvalue weighted by atomic mass is 9.87. The van der Waals surface area contributed by atoms with Crippen molar-refractivity contribution in [2.75, 3.05) is 6.61 Å². The van der Waals surface area contributed by atoms with Crippen molar-refractivity contribution in [3.63, 3.8) is 0 Å². The second kappa shape index (κ2) is 6.08. The molecule has 0 spiro atoms. The smallest absolute Gasteiger partial charge is 0.122 e. The third-order valence-corrected chi connectivity index (χ3v) is 4.53. The van der Waals surface area contributed by atoms with Gasteiger partial charge in [-0.2, -0.15) is 0 Å². The zero-order chi connectivity index (χ0) is 14.8. The summed E-state index contributed by atoms with van der Waals surface area (Å²) in [5, 5.41) is 0.808. The Morgan fingerprint density at radius 2 is 2.10 bits per heavy atom. The van der Waals surface area contributed by atoms with Gasteiger partial charge in [0.15, 0.2) is 0 Å². The van der Waals surface area contributed by atoms with Crippen LogP contribution in [-0.4, -0.2) is 12.6 Å². The molecule has 1 aliphatic rings. The van der Waals surface area contributed by atoms with Crippen molar-refractivity contribution >= 4 is 11.6 Å². The van der Waals surface area contributed by atoms with E-state index in [-0.39, 0.29) is 6.04 Å². The minimum absolute atomic E-state index is 0.0542. The molecular weight excluding hydrogens is 282 g/mol. The molecule has 1 heterocycles. The monoisotopic (exact) mass is 301 g/mol. The van der Waals surface area contributed by atoms with Crippen molar-refractivity contribution < 1.29 is 4.74 Å². The van der Waals surface area contributed by atoms with Gasteiger partial charge in [-0.15, -0.1) is 0 Å². The lowest BCUT2D eigenvalue weighted by Gasteiger charge is -2.29. The maximum absolute atomic E-state index is 6.41. The molecule has 2 aromatic rings. The van der Waals surface area contributed by atoms with E-state index < -0.39 is 0 Å². The molecule has 0 saturated carbocycles. The number of ether oxygens (including phenoxy) is 1. The molecule has 0 saturated heterocycles. The van der Waals surface area contributed by atoms with Gasteiger partial charge in [-0.05, 0) is 48.6 Å². The van der Waals surface area contributed by atoms with Crippen molar-refractivity contribution in [3.8, 4) is 5.75 Å². The van der Waals surface area contributed by atoms with Gasteiger partial charge in [0.25, 0.3) is 0 Å². The van der Waals surface area contributed by atoms with Crippen molar-refractivity contribution in [1.29, 1.82) is 0 Å². The first-order valence-electron chi connectivity index (χ1n) is 7.35. The second-order valence-electron chi connectivity index (χ2n) is 5.85. The average molecular weight is 302 g/mol. The van der Waals surface area contributed by atoms with E-state index in [1.54, 1.807) is 0 Å². The number of fused-ring (bicyclic) bond motifs is 1. The number of para-hydroxylation sites is 1. The van der Waals surface area contributed by atoms with Gasteiger partial charge < -0.3 is 10.5 Å². The Bertz CT molecular complexity index is 641. The van der Waals surface area contributed by atoms with Crippen LogP contribution in [0.1, 0.15) is 16.7 Å². The Kier molecular flexibility index (Phi) is 4.18. The SMILES string of the molecule is Cc1ccc(CC(N)C2COc3ccccc3C2)c(Cl)c1. The van der Waals surface area contributed by atoms with Gasteiger partial charge in [-0.25, -0.2) is 0 Å². The lowest BCUT2D eigenvalue weighted by Crippen LogP contribution is -2.39. The van der Waals surface area contributed by atoms with Crippen LogP contribution in [0.2, 0.25) is 5.02 Å². The normalized spacial score (nSPS) is 18.7. The molecule has 0 fully saturated rings. The van der Waals surface area contributed by atoms with Crippen LogP contribution in [0.5, 0.6) is 5.75 Å². The molecule has 0 radical (unpaired) electrons. The highest BCUT2D eigenvalue weighted by Gasteiger charge is 2.25. The standard InChI is InChI=1S/C18H20ClNO/c1-12-6-7-13(16(19)8-12)10-17(20)15-9-14-4-2-3-5-18(14)21-11-15/h2-8,15,17H,9-11,20H2,1H3. The quantitative estimate of drug-likeness (QED) is 0.936. The molecule has 0 aliphatic carbocycles. The summed E-state index contributed by atoms with van der Waals surface area (Å²) < 4.78 is 5.83. The molecule has 0 amide bonds. The number of hydrogen-bond donors (Lipinski definition) is 1. The molecule has 2 aromatic carbocycles. The summed E-state index contributed by atoms with van der Waals surface area (Å²) >= 11 is 6.31. The number of halogens is 1. The predicted molar refractivity (Wildman–Crippen MR) is 87.0 cm³/mol. The summed E-state index contributed by atoms with van der Waals surface area (Å²) in [4.78, 5) is 0. The Labute approximate surface area is 130 Å². The van der Waals surface area contributed by atoms with E-state index in [9.17, 15) is 0 Å². The minimum atomic E-state index is 0.0542. The highest BCUT2D eigenvalue weighted by molar-refractivity contribution is 6.31. The minimum Gasteiger partial charge on any atom is -0.493 e. The van der Waals surface area contributed by atoms with Crippen molar-refractivity contribution in [2.45, 2.75) is 25.8 Å².